The highest BCUT2D eigenvalue weighted by atomic mass is 79.9. The van der Waals surface area contributed by atoms with Crippen molar-refractivity contribution >= 4 is 31.9 Å². The van der Waals surface area contributed by atoms with Crippen LogP contribution in [-0.4, -0.2) is 14.8 Å². The zero-order valence-corrected chi connectivity index (χ0v) is 13.4. The Morgan fingerprint density at radius 2 is 1.78 bits per heavy atom. The first kappa shape index (κ1) is 13.7. The van der Waals surface area contributed by atoms with Crippen LogP contribution in [0.5, 0.6) is 0 Å². The number of rotatable bonds is 5. The molecule has 0 amide bonds. The number of hydrogen-bond donors (Lipinski definition) is 0. The van der Waals surface area contributed by atoms with Crippen molar-refractivity contribution in [3.05, 3.63) is 46.0 Å². The van der Waals surface area contributed by atoms with Gasteiger partial charge in [0.15, 0.2) is 0 Å². The van der Waals surface area contributed by atoms with E-state index in [4.69, 9.17) is 0 Å². The van der Waals surface area contributed by atoms with E-state index in [2.05, 4.69) is 77.8 Å². The Morgan fingerprint density at radius 3 is 2.39 bits per heavy atom. The summed E-state index contributed by atoms with van der Waals surface area (Å²) in [7, 11) is 0. The zero-order chi connectivity index (χ0) is 13.0. The number of alkyl halides is 1. The van der Waals surface area contributed by atoms with Gasteiger partial charge in [0, 0.05) is 17.4 Å². The molecule has 0 atom stereocenters. The molecule has 2 aromatic rings. The van der Waals surface area contributed by atoms with E-state index in [9.17, 15) is 0 Å². The molecule has 0 saturated heterocycles. The second kappa shape index (κ2) is 6.48. The Hall–Kier alpha value is -0.680. The normalized spacial score (nSPS) is 10.8. The minimum Gasteiger partial charge on any atom is -0.314 e. The van der Waals surface area contributed by atoms with E-state index in [1.165, 1.54) is 5.56 Å². The molecule has 1 heterocycles. The van der Waals surface area contributed by atoms with Crippen molar-refractivity contribution in [1.82, 2.24) is 14.8 Å². The number of aromatic nitrogens is 3. The van der Waals surface area contributed by atoms with Crippen LogP contribution < -0.4 is 0 Å². The summed E-state index contributed by atoms with van der Waals surface area (Å²) in [5.41, 5.74) is 1.25. The average molecular weight is 373 g/mol. The minimum atomic E-state index is 0.750. The van der Waals surface area contributed by atoms with Crippen LogP contribution in [0.2, 0.25) is 0 Å². The third-order valence-corrected chi connectivity index (χ3v) is 3.78. The van der Waals surface area contributed by atoms with Crippen LogP contribution in [0.25, 0.3) is 0 Å². The molecular weight excluding hydrogens is 358 g/mol. The maximum absolute atomic E-state index is 4.29. The van der Waals surface area contributed by atoms with Crippen LogP contribution in [0, 0.1) is 0 Å². The summed E-state index contributed by atoms with van der Waals surface area (Å²) in [6, 6.07) is 8.34. The van der Waals surface area contributed by atoms with Gasteiger partial charge in [0.25, 0.3) is 0 Å². The Morgan fingerprint density at radius 1 is 1.11 bits per heavy atom. The zero-order valence-electron chi connectivity index (χ0n) is 10.2. The van der Waals surface area contributed by atoms with E-state index < -0.39 is 0 Å². The van der Waals surface area contributed by atoms with Gasteiger partial charge in [0.05, 0.1) is 5.33 Å². The SMILES string of the molecule is CCCn1c(CBr)nnc1Cc1ccc(Br)cc1. The Bertz CT molecular complexity index is 505. The molecule has 0 fully saturated rings. The predicted octanol–water partition coefficient (Wildman–Crippen LogP) is 3.94. The second-order valence-electron chi connectivity index (χ2n) is 4.12. The Kier molecular flexibility index (Phi) is 4.95. The molecule has 18 heavy (non-hydrogen) atoms. The third-order valence-electron chi connectivity index (χ3n) is 2.75. The van der Waals surface area contributed by atoms with Gasteiger partial charge in [0.2, 0.25) is 0 Å². The molecule has 0 aliphatic carbocycles. The van der Waals surface area contributed by atoms with Crippen molar-refractivity contribution in [2.45, 2.75) is 31.6 Å². The lowest BCUT2D eigenvalue weighted by molar-refractivity contribution is 0.628. The quantitative estimate of drug-likeness (QED) is 0.744. The van der Waals surface area contributed by atoms with E-state index in [1.54, 1.807) is 0 Å². The van der Waals surface area contributed by atoms with Gasteiger partial charge in [-0.2, -0.15) is 0 Å². The van der Waals surface area contributed by atoms with Crippen LogP contribution >= 0.6 is 31.9 Å². The van der Waals surface area contributed by atoms with Crippen molar-refractivity contribution < 1.29 is 0 Å². The van der Waals surface area contributed by atoms with Gasteiger partial charge in [-0.25, -0.2) is 0 Å². The van der Waals surface area contributed by atoms with Gasteiger partial charge in [-0.1, -0.05) is 50.9 Å². The van der Waals surface area contributed by atoms with E-state index in [0.29, 0.717) is 0 Å². The summed E-state index contributed by atoms with van der Waals surface area (Å²) < 4.78 is 3.30. The Balaban J connectivity index is 2.22. The lowest BCUT2D eigenvalue weighted by atomic mass is 10.1. The van der Waals surface area contributed by atoms with Gasteiger partial charge < -0.3 is 4.57 Å². The molecule has 1 aromatic carbocycles. The summed E-state index contributed by atoms with van der Waals surface area (Å²) in [4.78, 5) is 0. The minimum absolute atomic E-state index is 0.750. The van der Waals surface area contributed by atoms with E-state index in [0.717, 1.165) is 40.8 Å². The fourth-order valence-corrected chi connectivity index (χ4v) is 2.55. The third kappa shape index (κ3) is 3.20. The van der Waals surface area contributed by atoms with Gasteiger partial charge in [-0.05, 0) is 24.1 Å². The van der Waals surface area contributed by atoms with Gasteiger partial charge in [0.1, 0.15) is 11.6 Å². The first-order valence-corrected chi connectivity index (χ1v) is 7.87. The molecule has 3 nitrogen and oxygen atoms in total. The van der Waals surface area contributed by atoms with Crippen LogP contribution in [0.15, 0.2) is 28.7 Å². The first-order valence-electron chi connectivity index (χ1n) is 5.96. The van der Waals surface area contributed by atoms with Crippen molar-refractivity contribution in [3.63, 3.8) is 0 Å². The van der Waals surface area contributed by atoms with E-state index in [-0.39, 0.29) is 0 Å². The molecule has 1 aromatic heterocycles. The molecule has 0 saturated carbocycles. The first-order chi connectivity index (χ1) is 8.74. The lowest BCUT2D eigenvalue weighted by Gasteiger charge is -2.07. The molecule has 0 unspecified atom stereocenters. The van der Waals surface area contributed by atoms with E-state index in [1.807, 2.05) is 0 Å². The summed E-state index contributed by atoms with van der Waals surface area (Å²) in [5.74, 6) is 2.04. The van der Waals surface area contributed by atoms with E-state index >= 15 is 0 Å². The fraction of sp³-hybridized carbons (Fsp3) is 0.385. The smallest absolute Gasteiger partial charge is 0.143 e. The average Bonchev–Trinajstić information content (AvgIpc) is 2.75. The molecule has 0 aliphatic rings. The van der Waals surface area contributed by atoms with Crippen LogP contribution in [0.1, 0.15) is 30.6 Å². The molecule has 5 heteroatoms. The number of hydrogen-bond acceptors (Lipinski definition) is 2. The maximum Gasteiger partial charge on any atom is 0.143 e. The summed E-state index contributed by atoms with van der Waals surface area (Å²) in [6.07, 6.45) is 1.92. The van der Waals surface area contributed by atoms with Crippen molar-refractivity contribution in [2.24, 2.45) is 0 Å². The van der Waals surface area contributed by atoms with Crippen LogP contribution in [0.4, 0.5) is 0 Å². The number of nitrogens with zero attached hydrogens (tertiary/aromatic N) is 3. The van der Waals surface area contributed by atoms with Crippen LogP contribution in [-0.2, 0) is 18.3 Å². The monoisotopic (exact) mass is 371 g/mol. The summed E-state index contributed by atoms with van der Waals surface area (Å²) in [6.45, 7) is 3.14. The molecule has 0 radical (unpaired) electrons. The van der Waals surface area contributed by atoms with Crippen molar-refractivity contribution in [2.75, 3.05) is 0 Å². The molecule has 0 aliphatic heterocycles. The number of halogens is 2. The topological polar surface area (TPSA) is 30.7 Å². The molecule has 0 N–H and O–H groups in total. The van der Waals surface area contributed by atoms with Crippen molar-refractivity contribution in [3.8, 4) is 0 Å². The van der Waals surface area contributed by atoms with Crippen molar-refractivity contribution in [1.29, 1.82) is 0 Å². The van der Waals surface area contributed by atoms with Gasteiger partial charge in [-0.15, -0.1) is 10.2 Å². The standard InChI is InChI=1S/C13H15Br2N3/c1-2-7-18-12(16-17-13(18)9-14)8-10-3-5-11(15)6-4-10/h3-6H,2,7-9H2,1H3. The number of benzene rings is 1. The molecule has 0 spiro atoms. The molecular formula is C13H15Br2N3. The molecule has 2 rings (SSSR count). The maximum atomic E-state index is 4.29. The van der Waals surface area contributed by atoms with Gasteiger partial charge in [-0.3, -0.25) is 0 Å². The van der Waals surface area contributed by atoms with Gasteiger partial charge >= 0.3 is 0 Å². The Labute approximate surface area is 124 Å². The second-order valence-corrected chi connectivity index (χ2v) is 5.60. The predicted molar refractivity (Wildman–Crippen MR) is 79.9 cm³/mol. The summed E-state index contributed by atoms with van der Waals surface area (Å²) in [5, 5.41) is 9.27. The highest BCUT2D eigenvalue weighted by Gasteiger charge is 2.10. The summed E-state index contributed by atoms with van der Waals surface area (Å²) >= 11 is 6.90. The molecule has 96 valence electrons. The highest BCUT2D eigenvalue weighted by molar-refractivity contribution is 9.10. The fourth-order valence-electron chi connectivity index (χ4n) is 1.87. The molecule has 0 bridgehead atoms. The largest absolute Gasteiger partial charge is 0.314 e. The van der Waals surface area contributed by atoms with Crippen LogP contribution in [0.3, 0.4) is 0 Å². The highest BCUT2D eigenvalue weighted by Crippen LogP contribution is 2.15. The lowest BCUT2D eigenvalue weighted by Crippen LogP contribution is -2.07.